The molecular weight excluding hydrogens is 311 g/mol. The van der Waals surface area contributed by atoms with Crippen LogP contribution in [-0.2, 0) is 20.6 Å². The van der Waals surface area contributed by atoms with Crippen LogP contribution in [0.5, 0.6) is 0 Å². The molecule has 8 heteroatoms. The van der Waals surface area contributed by atoms with Gasteiger partial charge in [0.05, 0.1) is 15.8 Å². The van der Waals surface area contributed by atoms with Crippen LogP contribution in [0.1, 0.15) is 12.5 Å². The number of carbonyl (C=O) groups is 1. The second-order valence-corrected chi connectivity index (χ2v) is 6.51. The van der Waals surface area contributed by atoms with Gasteiger partial charge >= 0.3 is 0 Å². The highest BCUT2D eigenvalue weighted by atomic mass is 35.5. The summed E-state index contributed by atoms with van der Waals surface area (Å²) in [4.78, 5) is 10.6. The number of hydrogen-bond donors (Lipinski definition) is 2. The van der Waals surface area contributed by atoms with Crippen LogP contribution in [0, 0.1) is 0 Å². The van der Waals surface area contributed by atoms with Crippen LogP contribution < -0.4 is 10.0 Å². The summed E-state index contributed by atoms with van der Waals surface area (Å²) < 4.78 is 25.9. The molecule has 0 radical (unpaired) electrons. The Balaban J connectivity index is 2.54. The van der Waals surface area contributed by atoms with Gasteiger partial charge in [0.2, 0.25) is 15.9 Å². The lowest BCUT2D eigenvalue weighted by atomic mass is 10.2. The molecule has 0 aliphatic carbocycles. The van der Waals surface area contributed by atoms with Crippen molar-refractivity contribution in [3.8, 4) is 0 Å². The van der Waals surface area contributed by atoms with Gasteiger partial charge in [0.15, 0.2) is 0 Å². The molecule has 0 aromatic heterocycles. The Bertz CT molecular complexity index is 561. The minimum absolute atomic E-state index is 0.142. The third-order valence-electron chi connectivity index (χ3n) is 2.16. The fourth-order valence-corrected chi connectivity index (χ4v) is 2.80. The van der Waals surface area contributed by atoms with Crippen molar-refractivity contribution < 1.29 is 13.2 Å². The molecule has 1 rings (SSSR count). The van der Waals surface area contributed by atoms with Gasteiger partial charge < -0.3 is 5.32 Å². The van der Waals surface area contributed by atoms with E-state index in [9.17, 15) is 13.2 Å². The summed E-state index contributed by atoms with van der Waals surface area (Å²) in [6.07, 6.45) is 0. The van der Waals surface area contributed by atoms with Crippen molar-refractivity contribution in [1.82, 2.24) is 10.0 Å². The van der Waals surface area contributed by atoms with Gasteiger partial charge in [-0.2, -0.15) is 0 Å². The summed E-state index contributed by atoms with van der Waals surface area (Å²) in [6.45, 7) is 1.75. The molecule has 0 saturated heterocycles. The molecule has 19 heavy (non-hydrogen) atoms. The predicted octanol–water partition coefficient (Wildman–Crippen LogP) is 1.55. The lowest BCUT2D eigenvalue weighted by molar-refractivity contribution is -0.118. The van der Waals surface area contributed by atoms with Gasteiger partial charge in [-0.1, -0.05) is 29.3 Å². The summed E-state index contributed by atoms with van der Waals surface area (Å²) in [5, 5.41) is 3.18. The number of benzene rings is 1. The highest BCUT2D eigenvalue weighted by Gasteiger charge is 2.11. The van der Waals surface area contributed by atoms with E-state index in [0.29, 0.717) is 15.6 Å². The summed E-state index contributed by atoms with van der Waals surface area (Å²) in [5.74, 6) is -0.395. The topological polar surface area (TPSA) is 75.3 Å². The molecule has 0 fully saturated rings. The highest BCUT2D eigenvalue weighted by Crippen LogP contribution is 2.23. The Kier molecular flexibility index (Phi) is 6.06. The quantitative estimate of drug-likeness (QED) is 0.779. The summed E-state index contributed by atoms with van der Waals surface area (Å²) in [7, 11) is -3.47. The summed E-state index contributed by atoms with van der Waals surface area (Å²) >= 11 is 11.6. The molecule has 0 unspecified atom stereocenters. The van der Waals surface area contributed by atoms with Crippen molar-refractivity contribution in [3.63, 3.8) is 0 Å². The van der Waals surface area contributed by atoms with Crippen molar-refractivity contribution in [2.45, 2.75) is 12.7 Å². The minimum Gasteiger partial charge on any atom is -0.355 e. The van der Waals surface area contributed by atoms with E-state index in [0.717, 1.165) is 0 Å². The van der Waals surface area contributed by atoms with E-state index in [2.05, 4.69) is 10.0 Å². The van der Waals surface area contributed by atoms with Crippen LogP contribution in [0.15, 0.2) is 18.2 Å². The van der Waals surface area contributed by atoms with E-state index < -0.39 is 10.0 Å². The number of sulfonamides is 1. The predicted molar refractivity (Wildman–Crippen MR) is 75.8 cm³/mol. The van der Waals surface area contributed by atoms with Crippen molar-refractivity contribution >= 4 is 39.1 Å². The Hall–Kier alpha value is -0.820. The average Bonchev–Trinajstić information content (AvgIpc) is 2.29. The lowest BCUT2D eigenvalue weighted by Gasteiger charge is -2.08. The Morgan fingerprint density at radius 3 is 2.47 bits per heavy atom. The van der Waals surface area contributed by atoms with Crippen LogP contribution in [0.25, 0.3) is 0 Å². The zero-order valence-corrected chi connectivity index (χ0v) is 12.6. The van der Waals surface area contributed by atoms with Crippen molar-refractivity contribution in [2.75, 3.05) is 13.1 Å². The van der Waals surface area contributed by atoms with E-state index in [1.54, 1.807) is 12.1 Å². The van der Waals surface area contributed by atoms with Crippen molar-refractivity contribution in [3.05, 3.63) is 33.8 Å². The molecule has 0 heterocycles. The molecule has 0 saturated carbocycles. The maximum absolute atomic E-state index is 11.7. The number of halogens is 2. The first kappa shape index (κ1) is 16.2. The minimum atomic E-state index is -3.47. The smallest absolute Gasteiger partial charge is 0.216 e. The zero-order chi connectivity index (χ0) is 14.5. The number of nitrogens with one attached hydrogen (secondary N) is 2. The van der Waals surface area contributed by atoms with E-state index >= 15 is 0 Å². The van der Waals surface area contributed by atoms with E-state index in [1.807, 2.05) is 0 Å². The monoisotopic (exact) mass is 324 g/mol. The molecule has 1 amide bonds. The SMILES string of the molecule is CC(=O)NCCNS(=O)(=O)Cc1ccc(Cl)c(Cl)c1. The molecule has 0 aliphatic rings. The third-order valence-corrected chi connectivity index (χ3v) is 4.26. The normalized spacial score (nSPS) is 11.3. The Morgan fingerprint density at radius 2 is 1.89 bits per heavy atom. The van der Waals surface area contributed by atoms with Gasteiger partial charge in [-0.25, -0.2) is 13.1 Å². The fourth-order valence-electron chi connectivity index (χ4n) is 1.34. The Morgan fingerprint density at radius 1 is 1.21 bits per heavy atom. The molecule has 0 atom stereocenters. The van der Waals surface area contributed by atoms with Crippen LogP contribution >= 0.6 is 23.2 Å². The third kappa shape index (κ3) is 6.24. The van der Waals surface area contributed by atoms with Gasteiger partial charge in [0, 0.05) is 20.0 Å². The first-order chi connectivity index (χ1) is 8.80. The van der Waals surface area contributed by atoms with Gasteiger partial charge in [-0.3, -0.25) is 4.79 Å². The van der Waals surface area contributed by atoms with E-state index in [-0.39, 0.29) is 24.7 Å². The maximum atomic E-state index is 11.7. The molecule has 5 nitrogen and oxygen atoms in total. The maximum Gasteiger partial charge on any atom is 0.216 e. The zero-order valence-electron chi connectivity index (χ0n) is 10.2. The van der Waals surface area contributed by atoms with Crippen LogP contribution in [0.3, 0.4) is 0 Å². The number of rotatable bonds is 6. The number of amides is 1. The number of carbonyl (C=O) groups excluding carboxylic acids is 1. The lowest BCUT2D eigenvalue weighted by Crippen LogP contribution is -2.34. The van der Waals surface area contributed by atoms with Gasteiger partial charge in [-0.15, -0.1) is 0 Å². The standard InChI is InChI=1S/C11H14Cl2N2O3S/c1-8(16)14-4-5-15-19(17,18)7-9-2-3-10(12)11(13)6-9/h2-3,6,15H,4-5,7H2,1H3,(H,14,16). The van der Waals surface area contributed by atoms with Crippen molar-refractivity contribution in [2.24, 2.45) is 0 Å². The summed E-state index contributed by atoms with van der Waals surface area (Å²) in [5.41, 5.74) is 0.543. The van der Waals surface area contributed by atoms with E-state index in [1.165, 1.54) is 13.0 Å². The summed E-state index contributed by atoms with van der Waals surface area (Å²) in [6, 6.07) is 4.66. The molecule has 0 spiro atoms. The second kappa shape index (κ2) is 7.09. The van der Waals surface area contributed by atoms with Gasteiger partial charge in [-0.05, 0) is 17.7 Å². The molecular formula is C11H14Cl2N2O3S. The number of hydrogen-bond acceptors (Lipinski definition) is 3. The van der Waals surface area contributed by atoms with Crippen LogP contribution in [0.4, 0.5) is 0 Å². The highest BCUT2D eigenvalue weighted by molar-refractivity contribution is 7.88. The average molecular weight is 325 g/mol. The molecule has 2 N–H and O–H groups in total. The van der Waals surface area contributed by atoms with Gasteiger partial charge in [0.25, 0.3) is 0 Å². The first-order valence-corrected chi connectivity index (χ1v) is 7.87. The van der Waals surface area contributed by atoms with Crippen LogP contribution in [0.2, 0.25) is 10.0 Å². The second-order valence-electron chi connectivity index (χ2n) is 3.88. The fraction of sp³-hybridized carbons (Fsp3) is 0.364. The first-order valence-electron chi connectivity index (χ1n) is 5.46. The molecule has 0 bridgehead atoms. The molecule has 1 aromatic rings. The Labute approximate surface area is 122 Å². The molecule has 106 valence electrons. The van der Waals surface area contributed by atoms with Gasteiger partial charge in [0.1, 0.15) is 0 Å². The van der Waals surface area contributed by atoms with Crippen LogP contribution in [-0.4, -0.2) is 27.4 Å². The molecule has 0 aliphatic heterocycles. The largest absolute Gasteiger partial charge is 0.355 e. The van der Waals surface area contributed by atoms with E-state index in [4.69, 9.17) is 23.2 Å². The van der Waals surface area contributed by atoms with Crippen molar-refractivity contribution in [1.29, 1.82) is 0 Å². The molecule has 1 aromatic carbocycles.